The van der Waals surface area contributed by atoms with Crippen molar-refractivity contribution in [2.24, 2.45) is 0 Å². The molecule has 0 radical (unpaired) electrons. The molecule has 2 heterocycles. The Morgan fingerprint density at radius 3 is 2.72 bits per heavy atom. The van der Waals surface area contributed by atoms with Gasteiger partial charge in [-0.2, -0.15) is 0 Å². The molecule has 0 amide bonds. The SMILES string of the molecule is Fc1ccc2c(/C=C/c3ccncc3)c[nH]c2c1. The number of nitrogens with one attached hydrogen (secondary N) is 1. The first-order chi connectivity index (χ1) is 8.83. The Bertz CT molecular complexity index is 699. The molecule has 3 heteroatoms. The number of benzene rings is 1. The standard InChI is InChI=1S/C15H11FN2/c16-13-3-4-14-12(10-18-15(14)9-13)2-1-11-5-7-17-8-6-11/h1-10,18H/b2-1+. The van der Waals surface area contributed by atoms with Crippen molar-refractivity contribution in [2.75, 3.05) is 0 Å². The lowest BCUT2D eigenvalue weighted by molar-refractivity contribution is 0.629. The Kier molecular flexibility index (Phi) is 2.65. The van der Waals surface area contributed by atoms with Gasteiger partial charge in [0.05, 0.1) is 0 Å². The third kappa shape index (κ3) is 2.02. The monoisotopic (exact) mass is 238 g/mol. The van der Waals surface area contributed by atoms with Crippen LogP contribution in [0.1, 0.15) is 11.1 Å². The summed E-state index contributed by atoms with van der Waals surface area (Å²) in [5.41, 5.74) is 2.94. The van der Waals surface area contributed by atoms with E-state index in [0.717, 1.165) is 22.0 Å². The fourth-order valence-corrected chi connectivity index (χ4v) is 1.92. The second-order valence-corrected chi connectivity index (χ2v) is 4.05. The van der Waals surface area contributed by atoms with Crippen molar-refractivity contribution in [1.82, 2.24) is 9.97 Å². The normalized spacial score (nSPS) is 11.4. The Hall–Kier alpha value is -2.42. The van der Waals surface area contributed by atoms with E-state index in [2.05, 4.69) is 9.97 Å². The van der Waals surface area contributed by atoms with Crippen molar-refractivity contribution < 1.29 is 4.39 Å². The minimum Gasteiger partial charge on any atom is -0.360 e. The van der Waals surface area contributed by atoms with Crippen molar-refractivity contribution in [2.45, 2.75) is 0 Å². The zero-order valence-electron chi connectivity index (χ0n) is 9.60. The van der Waals surface area contributed by atoms with Crippen LogP contribution < -0.4 is 0 Å². The van der Waals surface area contributed by atoms with Crippen LogP contribution in [0.25, 0.3) is 23.1 Å². The summed E-state index contributed by atoms with van der Waals surface area (Å²) in [6, 6.07) is 8.63. The number of rotatable bonds is 2. The third-order valence-electron chi connectivity index (χ3n) is 2.84. The zero-order chi connectivity index (χ0) is 12.4. The Morgan fingerprint density at radius 1 is 1.06 bits per heavy atom. The van der Waals surface area contributed by atoms with E-state index in [-0.39, 0.29) is 5.82 Å². The number of hydrogen-bond donors (Lipinski definition) is 1. The highest BCUT2D eigenvalue weighted by Crippen LogP contribution is 2.21. The largest absolute Gasteiger partial charge is 0.360 e. The molecule has 1 N–H and O–H groups in total. The van der Waals surface area contributed by atoms with Gasteiger partial charge < -0.3 is 4.98 Å². The number of aromatic nitrogens is 2. The van der Waals surface area contributed by atoms with Gasteiger partial charge >= 0.3 is 0 Å². The number of halogens is 1. The first-order valence-corrected chi connectivity index (χ1v) is 5.68. The van der Waals surface area contributed by atoms with Gasteiger partial charge in [0.2, 0.25) is 0 Å². The third-order valence-corrected chi connectivity index (χ3v) is 2.84. The van der Waals surface area contributed by atoms with Gasteiger partial charge in [-0.25, -0.2) is 4.39 Å². The molecule has 0 fully saturated rings. The summed E-state index contributed by atoms with van der Waals surface area (Å²) < 4.78 is 13.1. The molecule has 0 aliphatic carbocycles. The summed E-state index contributed by atoms with van der Waals surface area (Å²) in [6.07, 6.45) is 9.40. The van der Waals surface area contributed by atoms with E-state index in [1.54, 1.807) is 18.5 Å². The van der Waals surface area contributed by atoms with Gasteiger partial charge in [-0.1, -0.05) is 12.2 Å². The van der Waals surface area contributed by atoms with Crippen LogP contribution in [0.4, 0.5) is 4.39 Å². The van der Waals surface area contributed by atoms with E-state index in [9.17, 15) is 4.39 Å². The number of pyridine rings is 1. The molecule has 88 valence electrons. The van der Waals surface area contributed by atoms with Gasteiger partial charge in [0.25, 0.3) is 0 Å². The predicted molar refractivity (Wildman–Crippen MR) is 71.4 cm³/mol. The van der Waals surface area contributed by atoms with Crippen molar-refractivity contribution in [1.29, 1.82) is 0 Å². The molecule has 0 unspecified atom stereocenters. The fourth-order valence-electron chi connectivity index (χ4n) is 1.92. The van der Waals surface area contributed by atoms with Crippen molar-refractivity contribution in [3.8, 4) is 0 Å². The number of hydrogen-bond acceptors (Lipinski definition) is 1. The molecule has 0 aliphatic heterocycles. The first-order valence-electron chi connectivity index (χ1n) is 5.68. The zero-order valence-corrected chi connectivity index (χ0v) is 9.60. The van der Waals surface area contributed by atoms with Gasteiger partial charge in [0, 0.05) is 29.5 Å². The Morgan fingerprint density at radius 2 is 1.89 bits per heavy atom. The van der Waals surface area contributed by atoms with Crippen LogP contribution in [0.15, 0.2) is 48.9 Å². The highest BCUT2D eigenvalue weighted by Gasteiger charge is 2.01. The highest BCUT2D eigenvalue weighted by molar-refractivity contribution is 5.91. The molecule has 0 aliphatic rings. The van der Waals surface area contributed by atoms with Crippen LogP contribution >= 0.6 is 0 Å². The molecule has 3 aromatic rings. The summed E-state index contributed by atoms with van der Waals surface area (Å²) in [5, 5.41) is 1.02. The molecule has 3 rings (SSSR count). The van der Waals surface area contributed by atoms with E-state index < -0.39 is 0 Å². The second-order valence-electron chi connectivity index (χ2n) is 4.05. The average molecular weight is 238 g/mol. The highest BCUT2D eigenvalue weighted by atomic mass is 19.1. The quantitative estimate of drug-likeness (QED) is 0.721. The van der Waals surface area contributed by atoms with E-state index in [4.69, 9.17) is 0 Å². The number of H-pyrrole nitrogens is 1. The lowest BCUT2D eigenvalue weighted by Gasteiger charge is -1.93. The van der Waals surface area contributed by atoms with Crippen molar-refractivity contribution in [3.05, 3.63) is 65.9 Å². The molecule has 0 bridgehead atoms. The molecule has 1 aromatic carbocycles. The Labute approximate surface area is 104 Å². The summed E-state index contributed by atoms with van der Waals surface area (Å²) in [4.78, 5) is 7.03. The molecular formula is C15H11FN2. The average Bonchev–Trinajstić information content (AvgIpc) is 2.80. The molecule has 0 atom stereocenters. The van der Waals surface area contributed by atoms with Crippen LogP contribution in [-0.4, -0.2) is 9.97 Å². The Balaban J connectivity index is 1.98. The molecule has 0 saturated carbocycles. The molecule has 0 saturated heterocycles. The van der Waals surface area contributed by atoms with Crippen LogP contribution in [0, 0.1) is 5.82 Å². The maximum atomic E-state index is 13.1. The van der Waals surface area contributed by atoms with Crippen molar-refractivity contribution in [3.63, 3.8) is 0 Å². The van der Waals surface area contributed by atoms with Gasteiger partial charge in [-0.3, -0.25) is 4.98 Å². The predicted octanol–water partition coefficient (Wildman–Crippen LogP) is 3.87. The van der Waals surface area contributed by atoms with Gasteiger partial charge in [0.1, 0.15) is 5.82 Å². The van der Waals surface area contributed by atoms with Crippen LogP contribution in [-0.2, 0) is 0 Å². The van der Waals surface area contributed by atoms with E-state index in [1.165, 1.54) is 12.1 Å². The first kappa shape index (κ1) is 10.7. The molecular weight excluding hydrogens is 227 g/mol. The lowest BCUT2D eigenvalue weighted by atomic mass is 10.1. The molecule has 18 heavy (non-hydrogen) atoms. The number of fused-ring (bicyclic) bond motifs is 1. The van der Waals surface area contributed by atoms with Crippen LogP contribution in [0.2, 0.25) is 0 Å². The van der Waals surface area contributed by atoms with E-state index in [0.29, 0.717) is 0 Å². The van der Waals surface area contributed by atoms with Crippen molar-refractivity contribution >= 4 is 23.1 Å². The second kappa shape index (κ2) is 4.45. The summed E-state index contributed by atoms with van der Waals surface area (Å²) in [7, 11) is 0. The fraction of sp³-hybridized carbons (Fsp3) is 0. The minimum absolute atomic E-state index is 0.228. The van der Waals surface area contributed by atoms with Gasteiger partial charge in [0.15, 0.2) is 0 Å². The van der Waals surface area contributed by atoms with Gasteiger partial charge in [-0.05, 0) is 41.5 Å². The summed E-state index contributed by atoms with van der Waals surface area (Å²) >= 11 is 0. The maximum Gasteiger partial charge on any atom is 0.125 e. The van der Waals surface area contributed by atoms with Crippen LogP contribution in [0.3, 0.4) is 0 Å². The van der Waals surface area contributed by atoms with E-state index >= 15 is 0 Å². The molecule has 2 nitrogen and oxygen atoms in total. The molecule has 0 spiro atoms. The summed E-state index contributed by atoms with van der Waals surface area (Å²) in [6.45, 7) is 0. The number of nitrogens with zero attached hydrogens (tertiary/aromatic N) is 1. The van der Waals surface area contributed by atoms with E-state index in [1.807, 2.05) is 30.5 Å². The molecule has 2 aromatic heterocycles. The maximum absolute atomic E-state index is 13.1. The summed E-state index contributed by atoms with van der Waals surface area (Å²) in [5.74, 6) is -0.228. The lowest BCUT2D eigenvalue weighted by Crippen LogP contribution is -1.74. The number of aromatic amines is 1. The smallest absolute Gasteiger partial charge is 0.125 e. The minimum atomic E-state index is -0.228. The topological polar surface area (TPSA) is 28.7 Å². The van der Waals surface area contributed by atoms with Gasteiger partial charge in [-0.15, -0.1) is 0 Å². The van der Waals surface area contributed by atoms with Crippen LogP contribution in [0.5, 0.6) is 0 Å².